The topological polar surface area (TPSA) is 61.7 Å². The van der Waals surface area contributed by atoms with E-state index in [2.05, 4.69) is 28.7 Å². The van der Waals surface area contributed by atoms with Crippen LogP contribution in [0, 0.1) is 0 Å². The van der Waals surface area contributed by atoms with E-state index in [0.717, 1.165) is 40.2 Å². The molecule has 3 rings (SSSR count). The third-order valence-corrected chi connectivity index (χ3v) is 3.74. The number of para-hydroxylation sites is 1. The Morgan fingerprint density at radius 3 is 2.70 bits per heavy atom. The normalized spacial score (nSPS) is 11.4. The predicted molar refractivity (Wildman–Crippen MR) is 80.2 cm³/mol. The zero-order valence-corrected chi connectivity index (χ0v) is 12.1. The molecule has 2 heterocycles. The number of aryl methyl sites for hydroxylation is 3. The first-order valence-corrected chi connectivity index (χ1v) is 6.83. The first-order valence-electron chi connectivity index (χ1n) is 6.83. The minimum atomic E-state index is 0.499. The Balaban J connectivity index is 2.26. The van der Waals surface area contributed by atoms with Crippen LogP contribution in [0.1, 0.15) is 18.2 Å². The average Bonchev–Trinajstić information content (AvgIpc) is 2.99. The summed E-state index contributed by atoms with van der Waals surface area (Å²) in [6, 6.07) is 8.22. The minimum absolute atomic E-state index is 0.499. The Morgan fingerprint density at radius 1 is 1.25 bits per heavy atom. The fourth-order valence-electron chi connectivity index (χ4n) is 2.58. The van der Waals surface area contributed by atoms with E-state index in [-0.39, 0.29) is 0 Å². The highest BCUT2D eigenvalue weighted by atomic mass is 15.3. The van der Waals surface area contributed by atoms with Crippen molar-refractivity contribution in [3.05, 3.63) is 35.5 Å². The number of hydrogen-bond acceptors (Lipinski definition) is 3. The molecule has 1 aromatic carbocycles. The number of nitrogens with zero attached hydrogens (tertiary/aromatic N) is 4. The summed E-state index contributed by atoms with van der Waals surface area (Å²) in [6.45, 7) is 2.60. The van der Waals surface area contributed by atoms with Crippen molar-refractivity contribution in [2.45, 2.75) is 19.9 Å². The number of aromatic nitrogens is 4. The maximum atomic E-state index is 5.80. The second-order valence-corrected chi connectivity index (χ2v) is 4.98. The molecule has 20 heavy (non-hydrogen) atoms. The lowest BCUT2D eigenvalue weighted by molar-refractivity contribution is 0.744. The molecule has 0 unspecified atom stereocenters. The second kappa shape index (κ2) is 4.76. The highest BCUT2D eigenvalue weighted by Gasteiger charge is 2.15. The van der Waals surface area contributed by atoms with Gasteiger partial charge in [-0.2, -0.15) is 5.10 Å². The zero-order chi connectivity index (χ0) is 14.3. The Morgan fingerprint density at radius 2 is 2.05 bits per heavy atom. The van der Waals surface area contributed by atoms with Crippen molar-refractivity contribution in [3.8, 4) is 11.5 Å². The fourth-order valence-corrected chi connectivity index (χ4v) is 2.58. The van der Waals surface area contributed by atoms with Crippen molar-refractivity contribution < 1.29 is 0 Å². The second-order valence-electron chi connectivity index (χ2n) is 4.98. The van der Waals surface area contributed by atoms with E-state index in [1.54, 1.807) is 0 Å². The summed E-state index contributed by atoms with van der Waals surface area (Å²) in [5.74, 6) is 0.926. The van der Waals surface area contributed by atoms with E-state index < -0.39 is 0 Å². The molecule has 2 aromatic heterocycles. The highest BCUT2D eigenvalue weighted by molar-refractivity contribution is 5.83. The summed E-state index contributed by atoms with van der Waals surface area (Å²) in [7, 11) is 3.99. The van der Waals surface area contributed by atoms with Crippen molar-refractivity contribution in [2.75, 3.05) is 0 Å². The van der Waals surface area contributed by atoms with Crippen LogP contribution in [0.25, 0.3) is 22.6 Å². The maximum Gasteiger partial charge on any atom is 0.159 e. The SMILES string of the molecule is CCc1cc(-c2nc3c(CN)cccc3n2C)n(C)n1. The van der Waals surface area contributed by atoms with Gasteiger partial charge in [0.05, 0.1) is 16.7 Å². The van der Waals surface area contributed by atoms with E-state index in [4.69, 9.17) is 10.7 Å². The molecule has 0 amide bonds. The minimum Gasteiger partial charge on any atom is -0.326 e. The van der Waals surface area contributed by atoms with Gasteiger partial charge in [-0.05, 0) is 24.1 Å². The number of benzene rings is 1. The molecular weight excluding hydrogens is 250 g/mol. The molecule has 5 heteroatoms. The van der Waals surface area contributed by atoms with Gasteiger partial charge in [-0.1, -0.05) is 19.1 Å². The van der Waals surface area contributed by atoms with Crippen LogP contribution in [0.5, 0.6) is 0 Å². The number of imidazole rings is 1. The monoisotopic (exact) mass is 269 g/mol. The smallest absolute Gasteiger partial charge is 0.159 e. The summed E-state index contributed by atoms with van der Waals surface area (Å²) in [4.78, 5) is 4.78. The Kier molecular flexibility index (Phi) is 3.06. The molecule has 0 saturated carbocycles. The lowest BCUT2D eigenvalue weighted by Crippen LogP contribution is -1.99. The molecule has 0 spiro atoms. The molecule has 0 saturated heterocycles. The van der Waals surface area contributed by atoms with Gasteiger partial charge in [0.1, 0.15) is 5.69 Å². The van der Waals surface area contributed by atoms with Gasteiger partial charge < -0.3 is 10.3 Å². The molecule has 0 bridgehead atoms. The van der Waals surface area contributed by atoms with Crippen molar-refractivity contribution in [1.82, 2.24) is 19.3 Å². The van der Waals surface area contributed by atoms with E-state index in [0.29, 0.717) is 6.54 Å². The van der Waals surface area contributed by atoms with E-state index >= 15 is 0 Å². The van der Waals surface area contributed by atoms with Gasteiger partial charge in [-0.15, -0.1) is 0 Å². The number of hydrogen-bond donors (Lipinski definition) is 1. The van der Waals surface area contributed by atoms with Crippen molar-refractivity contribution >= 4 is 11.0 Å². The number of fused-ring (bicyclic) bond motifs is 1. The molecule has 0 aliphatic rings. The molecule has 104 valence electrons. The van der Waals surface area contributed by atoms with Gasteiger partial charge in [0.15, 0.2) is 5.82 Å². The average molecular weight is 269 g/mol. The van der Waals surface area contributed by atoms with Gasteiger partial charge in [0, 0.05) is 20.6 Å². The van der Waals surface area contributed by atoms with Crippen LogP contribution in [0.3, 0.4) is 0 Å². The largest absolute Gasteiger partial charge is 0.326 e. The van der Waals surface area contributed by atoms with Gasteiger partial charge >= 0.3 is 0 Å². The first-order chi connectivity index (χ1) is 9.65. The van der Waals surface area contributed by atoms with Gasteiger partial charge in [0.25, 0.3) is 0 Å². The van der Waals surface area contributed by atoms with Crippen LogP contribution in [0.15, 0.2) is 24.3 Å². The first kappa shape index (κ1) is 12.9. The lowest BCUT2D eigenvalue weighted by Gasteiger charge is -2.02. The summed E-state index contributed by atoms with van der Waals surface area (Å²) < 4.78 is 3.99. The van der Waals surface area contributed by atoms with Crippen LogP contribution in [-0.4, -0.2) is 19.3 Å². The number of rotatable bonds is 3. The van der Waals surface area contributed by atoms with E-state index in [9.17, 15) is 0 Å². The van der Waals surface area contributed by atoms with Crippen LogP contribution in [-0.2, 0) is 27.1 Å². The Labute approximate surface area is 118 Å². The molecular formula is C15H19N5. The van der Waals surface area contributed by atoms with Gasteiger partial charge in [0.2, 0.25) is 0 Å². The fraction of sp³-hybridized carbons (Fsp3) is 0.333. The molecule has 0 aliphatic carbocycles. The van der Waals surface area contributed by atoms with Crippen LogP contribution in [0.2, 0.25) is 0 Å². The predicted octanol–water partition coefficient (Wildman–Crippen LogP) is 1.99. The van der Waals surface area contributed by atoms with Crippen molar-refractivity contribution in [2.24, 2.45) is 19.8 Å². The summed E-state index contributed by atoms with van der Waals surface area (Å²) >= 11 is 0. The van der Waals surface area contributed by atoms with Crippen LogP contribution in [0.4, 0.5) is 0 Å². The van der Waals surface area contributed by atoms with E-state index in [1.165, 1.54) is 0 Å². The quantitative estimate of drug-likeness (QED) is 0.791. The summed E-state index contributed by atoms with van der Waals surface area (Å²) in [6.07, 6.45) is 0.922. The van der Waals surface area contributed by atoms with Gasteiger partial charge in [-0.25, -0.2) is 4.98 Å². The molecule has 5 nitrogen and oxygen atoms in total. The molecule has 3 aromatic rings. The highest BCUT2D eigenvalue weighted by Crippen LogP contribution is 2.26. The van der Waals surface area contributed by atoms with E-state index in [1.807, 2.05) is 30.9 Å². The Hall–Kier alpha value is -2.14. The van der Waals surface area contributed by atoms with Crippen molar-refractivity contribution in [3.63, 3.8) is 0 Å². The van der Waals surface area contributed by atoms with Crippen LogP contribution >= 0.6 is 0 Å². The van der Waals surface area contributed by atoms with Crippen LogP contribution < -0.4 is 5.73 Å². The molecule has 0 fully saturated rings. The maximum absolute atomic E-state index is 5.80. The summed E-state index contributed by atoms with van der Waals surface area (Å²) in [5.41, 5.74) is 11.1. The molecule has 0 aliphatic heterocycles. The molecule has 0 radical (unpaired) electrons. The van der Waals surface area contributed by atoms with Gasteiger partial charge in [-0.3, -0.25) is 4.68 Å². The third kappa shape index (κ3) is 1.82. The molecule has 0 atom stereocenters. The lowest BCUT2D eigenvalue weighted by atomic mass is 10.2. The zero-order valence-electron chi connectivity index (χ0n) is 12.1. The number of nitrogens with two attached hydrogens (primary N) is 1. The Bertz CT molecular complexity index is 766. The van der Waals surface area contributed by atoms with Crippen molar-refractivity contribution in [1.29, 1.82) is 0 Å². The standard InChI is InChI=1S/C15H19N5/c1-4-11-8-13(20(3)18-11)15-17-14-10(9-16)6-5-7-12(14)19(15)2/h5-8H,4,9,16H2,1-3H3. The third-order valence-electron chi connectivity index (χ3n) is 3.74. The molecule has 2 N–H and O–H groups in total. The summed E-state index contributed by atoms with van der Waals surface area (Å²) in [5, 5.41) is 4.50.